The molecule has 0 atom stereocenters. The van der Waals surface area contributed by atoms with E-state index in [1.54, 1.807) is 0 Å². The second kappa shape index (κ2) is 4.94. The second-order valence-corrected chi connectivity index (χ2v) is 3.76. The Morgan fingerprint density at radius 1 is 1.54 bits per heavy atom. The van der Waals surface area contributed by atoms with Gasteiger partial charge in [-0.2, -0.15) is 0 Å². The molecule has 0 aliphatic rings. The van der Waals surface area contributed by atoms with Gasteiger partial charge in [-0.25, -0.2) is 0 Å². The molecule has 0 aromatic heterocycles. The van der Waals surface area contributed by atoms with Crippen LogP contribution in [0.25, 0.3) is 0 Å². The van der Waals surface area contributed by atoms with Gasteiger partial charge in [0.05, 0.1) is 0 Å². The Hall–Kier alpha value is -0.940. The molecule has 1 aromatic rings. The molecule has 0 spiro atoms. The maximum atomic E-state index is 5.16. The summed E-state index contributed by atoms with van der Waals surface area (Å²) in [7, 11) is 0. The summed E-state index contributed by atoms with van der Waals surface area (Å²) < 4.78 is 1.10. The number of rotatable bonds is 3. The molecule has 0 heterocycles. The smallest absolute Gasteiger partial charge is 0.0370 e. The molecule has 68 valence electrons. The van der Waals surface area contributed by atoms with E-state index in [2.05, 4.69) is 46.2 Å². The monoisotopic (exact) mass is 237 g/mol. The third kappa shape index (κ3) is 3.12. The Labute approximate surface area is 87.7 Å². The van der Waals surface area contributed by atoms with E-state index in [0.29, 0.717) is 0 Å². The van der Waals surface area contributed by atoms with Crippen molar-refractivity contribution in [2.75, 3.05) is 11.9 Å². The lowest BCUT2D eigenvalue weighted by Gasteiger charge is -2.07. The SMILES string of the molecule is C#CCCNc1ccc(Br)cc1C. The molecule has 2 heteroatoms. The van der Waals surface area contributed by atoms with Crippen LogP contribution in [0.5, 0.6) is 0 Å². The number of halogens is 1. The van der Waals surface area contributed by atoms with Crippen LogP contribution in [0, 0.1) is 19.3 Å². The summed E-state index contributed by atoms with van der Waals surface area (Å²) in [5, 5.41) is 3.28. The van der Waals surface area contributed by atoms with E-state index in [0.717, 1.165) is 23.1 Å². The molecule has 0 radical (unpaired) electrons. The van der Waals surface area contributed by atoms with Crippen LogP contribution in [0.2, 0.25) is 0 Å². The Morgan fingerprint density at radius 3 is 2.92 bits per heavy atom. The summed E-state index contributed by atoms with van der Waals surface area (Å²) in [6.07, 6.45) is 5.92. The standard InChI is InChI=1S/C11H12BrN/c1-3-4-7-13-11-6-5-10(12)8-9(11)2/h1,5-6,8,13H,4,7H2,2H3. The molecule has 1 N–H and O–H groups in total. The van der Waals surface area contributed by atoms with Crippen LogP contribution in [0.15, 0.2) is 22.7 Å². The number of hydrogen-bond acceptors (Lipinski definition) is 1. The number of hydrogen-bond donors (Lipinski definition) is 1. The van der Waals surface area contributed by atoms with Crippen molar-refractivity contribution in [3.8, 4) is 12.3 Å². The minimum Gasteiger partial charge on any atom is -0.384 e. The lowest BCUT2D eigenvalue weighted by molar-refractivity contribution is 1.09. The fraction of sp³-hybridized carbons (Fsp3) is 0.273. The van der Waals surface area contributed by atoms with Crippen LogP contribution in [0.4, 0.5) is 5.69 Å². The lowest BCUT2D eigenvalue weighted by atomic mass is 10.2. The summed E-state index contributed by atoms with van der Waals surface area (Å²) in [5.74, 6) is 2.60. The number of anilines is 1. The van der Waals surface area contributed by atoms with Gasteiger partial charge in [-0.1, -0.05) is 15.9 Å². The molecular formula is C11H12BrN. The summed E-state index contributed by atoms with van der Waals surface area (Å²) in [4.78, 5) is 0. The highest BCUT2D eigenvalue weighted by Gasteiger charge is 1.96. The number of benzene rings is 1. The van der Waals surface area contributed by atoms with E-state index in [1.165, 1.54) is 5.56 Å². The molecule has 0 fully saturated rings. The largest absolute Gasteiger partial charge is 0.384 e. The first-order valence-electron chi connectivity index (χ1n) is 4.17. The van der Waals surface area contributed by atoms with Gasteiger partial charge in [-0.15, -0.1) is 12.3 Å². The Kier molecular flexibility index (Phi) is 3.85. The highest BCUT2D eigenvalue weighted by Crippen LogP contribution is 2.19. The maximum Gasteiger partial charge on any atom is 0.0370 e. The fourth-order valence-corrected chi connectivity index (χ4v) is 1.57. The minimum absolute atomic E-state index is 0.759. The van der Waals surface area contributed by atoms with Gasteiger partial charge in [-0.3, -0.25) is 0 Å². The van der Waals surface area contributed by atoms with E-state index in [1.807, 2.05) is 6.07 Å². The molecule has 1 nitrogen and oxygen atoms in total. The van der Waals surface area contributed by atoms with Gasteiger partial charge in [0.15, 0.2) is 0 Å². The van der Waals surface area contributed by atoms with E-state index in [9.17, 15) is 0 Å². The predicted octanol–water partition coefficient (Wildman–Crippen LogP) is 3.19. The van der Waals surface area contributed by atoms with Crippen LogP contribution in [0.1, 0.15) is 12.0 Å². The molecule has 0 aliphatic heterocycles. The average Bonchev–Trinajstić information content (AvgIpc) is 2.09. The van der Waals surface area contributed by atoms with E-state index >= 15 is 0 Å². The quantitative estimate of drug-likeness (QED) is 0.629. The van der Waals surface area contributed by atoms with Crippen molar-refractivity contribution in [2.24, 2.45) is 0 Å². The summed E-state index contributed by atoms with van der Waals surface area (Å²) in [6, 6.07) is 6.15. The Balaban J connectivity index is 2.62. The van der Waals surface area contributed by atoms with Gasteiger partial charge in [0.2, 0.25) is 0 Å². The van der Waals surface area contributed by atoms with Crippen molar-refractivity contribution in [1.29, 1.82) is 0 Å². The van der Waals surface area contributed by atoms with Crippen LogP contribution < -0.4 is 5.32 Å². The van der Waals surface area contributed by atoms with Gasteiger partial charge in [0.25, 0.3) is 0 Å². The van der Waals surface area contributed by atoms with Crippen molar-refractivity contribution in [1.82, 2.24) is 0 Å². The lowest BCUT2D eigenvalue weighted by Crippen LogP contribution is -2.01. The summed E-state index contributed by atoms with van der Waals surface area (Å²) in [5.41, 5.74) is 2.38. The van der Waals surface area contributed by atoms with Gasteiger partial charge < -0.3 is 5.32 Å². The number of nitrogens with one attached hydrogen (secondary N) is 1. The zero-order valence-corrected chi connectivity index (χ0v) is 9.19. The van der Waals surface area contributed by atoms with Crippen molar-refractivity contribution in [3.05, 3.63) is 28.2 Å². The second-order valence-electron chi connectivity index (χ2n) is 2.84. The molecular weight excluding hydrogens is 226 g/mol. The van der Waals surface area contributed by atoms with Crippen LogP contribution in [0.3, 0.4) is 0 Å². The van der Waals surface area contributed by atoms with E-state index < -0.39 is 0 Å². The zero-order valence-electron chi connectivity index (χ0n) is 7.60. The first-order valence-corrected chi connectivity index (χ1v) is 4.97. The van der Waals surface area contributed by atoms with Crippen LogP contribution in [-0.4, -0.2) is 6.54 Å². The topological polar surface area (TPSA) is 12.0 Å². The van der Waals surface area contributed by atoms with Crippen molar-refractivity contribution >= 4 is 21.6 Å². The zero-order chi connectivity index (χ0) is 9.68. The number of aryl methyl sites for hydroxylation is 1. The van der Waals surface area contributed by atoms with Gasteiger partial charge >= 0.3 is 0 Å². The molecule has 13 heavy (non-hydrogen) atoms. The Morgan fingerprint density at radius 2 is 2.31 bits per heavy atom. The highest BCUT2D eigenvalue weighted by atomic mass is 79.9. The number of terminal acetylenes is 1. The summed E-state index contributed by atoms with van der Waals surface area (Å²) >= 11 is 3.42. The third-order valence-corrected chi connectivity index (χ3v) is 2.27. The highest BCUT2D eigenvalue weighted by molar-refractivity contribution is 9.10. The Bertz CT molecular complexity index is 325. The molecule has 0 aliphatic carbocycles. The molecule has 0 unspecified atom stereocenters. The van der Waals surface area contributed by atoms with Crippen molar-refractivity contribution < 1.29 is 0 Å². The molecule has 0 bridgehead atoms. The molecule has 1 rings (SSSR count). The molecule has 1 aromatic carbocycles. The van der Waals surface area contributed by atoms with Crippen molar-refractivity contribution in [2.45, 2.75) is 13.3 Å². The molecule has 0 amide bonds. The van der Waals surface area contributed by atoms with Gasteiger partial charge in [0.1, 0.15) is 0 Å². The van der Waals surface area contributed by atoms with Crippen molar-refractivity contribution in [3.63, 3.8) is 0 Å². The summed E-state index contributed by atoms with van der Waals surface area (Å²) in [6.45, 7) is 2.90. The predicted molar refractivity (Wildman–Crippen MR) is 60.8 cm³/mol. The van der Waals surface area contributed by atoms with Crippen LogP contribution >= 0.6 is 15.9 Å². The van der Waals surface area contributed by atoms with E-state index in [4.69, 9.17) is 6.42 Å². The fourth-order valence-electron chi connectivity index (χ4n) is 1.09. The molecule has 0 saturated heterocycles. The first-order chi connectivity index (χ1) is 6.24. The maximum absolute atomic E-state index is 5.16. The normalized spacial score (nSPS) is 9.31. The molecule has 0 saturated carbocycles. The minimum atomic E-state index is 0.759. The van der Waals surface area contributed by atoms with Crippen LogP contribution in [-0.2, 0) is 0 Å². The average molecular weight is 238 g/mol. The van der Waals surface area contributed by atoms with Gasteiger partial charge in [-0.05, 0) is 30.7 Å². The first kappa shape index (κ1) is 10.1. The third-order valence-electron chi connectivity index (χ3n) is 1.77. The van der Waals surface area contributed by atoms with Gasteiger partial charge in [0, 0.05) is 23.1 Å². The van der Waals surface area contributed by atoms with E-state index in [-0.39, 0.29) is 0 Å².